The largest absolute Gasteiger partial charge is 0.481 e. The van der Waals surface area contributed by atoms with Gasteiger partial charge in [-0.1, -0.05) is 0 Å². The van der Waals surface area contributed by atoms with Gasteiger partial charge < -0.3 is 14.4 Å². The molecule has 1 saturated heterocycles. The number of carbonyl (C=O) groups is 2. The van der Waals surface area contributed by atoms with Crippen LogP contribution in [0.2, 0.25) is 0 Å². The maximum absolute atomic E-state index is 12.1. The Balaban J connectivity index is 2.10. The van der Waals surface area contributed by atoms with Gasteiger partial charge in [-0.3, -0.25) is 9.59 Å². The van der Waals surface area contributed by atoms with Gasteiger partial charge in [-0.25, -0.2) is 0 Å². The van der Waals surface area contributed by atoms with Crippen molar-refractivity contribution in [2.24, 2.45) is 5.92 Å². The molecule has 0 bridgehead atoms. The van der Waals surface area contributed by atoms with E-state index in [0.29, 0.717) is 18.7 Å². The van der Waals surface area contributed by atoms with Crippen LogP contribution in [0.4, 0.5) is 0 Å². The highest BCUT2D eigenvalue weighted by Gasteiger charge is 2.30. The Morgan fingerprint density at radius 1 is 1.53 bits per heavy atom. The van der Waals surface area contributed by atoms with E-state index >= 15 is 0 Å². The number of rotatable bonds is 2. The molecule has 0 aromatic carbocycles. The van der Waals surface area contributed by atoms with Crippen molar-refractivity contribution in [2.75, 3.05) is 13.1 Å². The molecular formula is C12H15NO4. The molecule has 0 aliphatic carbocycles. The first kappa shape index (κ1) is 11.7. The second-order valence-electron chi connectivity index (χ2n) is 4.36. The zero-order valence-electron chi connectivity index (χ0n) is 9.68. The summed E-state index contributed by atoms with van der Waals surface area (Å²) < 4.78 is 5.14. The summed E-state index contributed by atoms with van der Waals surface area (Å²) in [5.41, 5.74) is 0.785. The molecule has 0 saturated carbocycles. The summed E-state index contributed by atoms with van der Waals surface area (Å²) in [6, 6.07) is 1.73. The number of carboxylic acids is 1. The van der Waals surface area contributed by atoms with Crippen LogP contribution < -0.4 is 0 Å². The highest BCUT2D eigenvalue weighted by atomic mass is 16.4. The molecule has 1 aromatic rings. The van der Waals surface area contributed by atoms with Gasteiger partial charge in [-0.05, 0) is 25.8 Å². The summed E-state index contributed by atoms with van der Waals surface area (Å²) in [6.45, 7) is 2.67. The highest BCUT2D eigenvalue weighted by Crippen LogP contribution is 2.20. The Labute approximate surface area is 99.0 Å². The summed E-state index contributed by atoms with van der Waals surface area (Å²) in [5.74, 6) is -1.18. The zero-order valence-corrected chi connectivity index (χ0v) is 9.68. The fourth-order valence-corrected chi connectivity index (χ4v) is 2.10. The molecule has 1 amide bonds. The fourth-order valence-electron chi connectivity index (χ4n) is 2.10. The van der Waals surface area contributed by atoms with E-state index in [1.165, 1.54) is 6.26 Å². The molecule has 1 aliphatic rings. The number of furan rings is 1. The monoisotopic (exact) mass is 237 g/mol. The van der Waals surface area contributed by atoms with Crippen molar-refractivity contribution in [3.05, 3.63) is 23.7 Å². The maximum atomic E-state index is 12.1. The van der Waals surface area contributed by atoms with Crippen molar-refractivity contribution in [2.45, 2.75) is 19.8 Å². The fraction of sp³-hybridized carbons (Fsp3) is 0.500. The van der Waals surface area contributed by atoms with Crippen LogP contribution in [0.15, 0.2) is 16.7 Å². The van der Waals surface area contributed by atoms with Crippen molar-refractivity contribution in [3.8, 4) is 0 Å². The van der Waals surface area contributed by atoms with Gasteiger partial charge in [0.2, 0.25) is 0 Å². The number of aryl methyl sites for hydroxylation is 1. The molecular weight excluding hydrogens is 222 g/mol. The first-order chi connectivity index (χ1) is 8.09. The predicted octanol–water partition coefficient (Wildman–Crippen LogP) is 1.52. The van der Waals surface area contributed by atoms with Crippen molar-refractivity contribution in [1.82, 2.24) is 4.90 Å². The number of aliphatic carboxylic acids is 1. The Kier molecular flexibility index (Phi) is 3.17. The van der Waals surface area contributed by atoms with E-state index in [-0.39, 0.29) is 12.5 Å². The number of hydrogen-bond acceptors (Lipinski definition) is 3. The van der Waals surface area contributed by atoms with Crippen molar-refractivity contribution in [1.29, 1.82) is 0 Å². The van der Waals surface area contributed by atoms with E-state index in [1.54, 1.807) is 17.9 Å². The van der Waals surface area contributed by atoms with Crippen LogP contribution in [-0.2, 0) is 4.79 Å². The normalized spacial score (nSPS) is 20.3. The van der Waals surface area contributed by atoms with Crippen LogP contribution in [0, 0.1) is 12.8 Å². The third-order valence-electron chi connectivity index (χ3n) is 3.11. The Hall–Kier alpha value is -1.78. The van der Waals surface area contributed by atoms with Crippen LogP contribution in [0.25, 0.3) is 0 Å². The molecule has 1 aliphatic heterocycles. The lowest BCUT2D eigenvalue weighted by molar-refractivity contribution is -0.143. The summed E-state index contributed by atoms with van der Waals surface area (Å²) in [7, 11) is 0. The van der Waals surface area contributed by atoms with E-state index in [4.69, 9.17) is 9.52 Å². The zero-order chi connectivity index (χ0) is 12.4. The molecule has 5 heteroatoms. The van der Waals surface area contributed by atoms with Crippen LogP contribution in [-0.4, -0.2) is 35.0 Å². The first-order valence-corrected chi connectivity index (χ1v) is 5.65. The minimum atomic E-state index is -0.835. The quantitative estimate of drug-likeness (QED) is 0.846. The summed E-state index contributed by atoms with van der Waals surface area (Å²) in [5, 5.41) is 8.96. The van der Waals surface area contributed by atoms with Gasteiger partial charge in [0.05, 0.1) is 12.2 Å². The molecule has 1 N–H and O–H groups in total. The van der Waals surface area contributed by atoms with Gasteiger partial charge in [-0.2, -0.15) is 0 Å². The van der Waals surface area contributed by atoms with E-state index in [0.717, 1.165) is 12.0 Å². The van der Waals surface area contributed by atoms with Crippen LogP contribution in [0.1, 0.15) is 29.0 Å². The van der Waals surface area contributed by atoms with Gasteiger partial charge in [0, 0.05) is 18.7 Å². The van der Waals surface area contributed by atoms with Crippen LogP contribution in [0.5, 0.6) is 0 Å². The summed E-state index contributed by atoms with van der Waals surface area (Å²) in [4.78, 5) is 24.6. The van der Waals surface area contributed by atoms with Gasteiger partial charge in [0.15, 0.2) is 5.76 Å². The highest BCUT2D eigenvalue weighted by molar-refractivity contribution is 5.93. The maximum Gasteiger partial charge on any atom is 0.308 e. The van der Waals surface area contributed by atoms with E-state index in [9.17, 15) is 9.59 Å². The molecule has 92 valence electrons. The minimum Gasteiger partial charge on any atom is -0.481 e. The standard InChI is InChI=1S/C12H15NO4/c1-8-4-6-17-10(8)11(14)13-5-2-3-9(7-13)12(15)16/h4,6,9H,2-3,5,7H2,1H3,(H,15,16)/t9-/m0/s1. The van der Waals surface area contributed by atoms with Crippen molar-refractivity contribution in [3.63, 3.8) is 0 Å². The average molecular weight is 237 g/mol. The number of carboxylic acid groups (broad SMARTS) is 1. The number of likely N-dealkylation sites (tertiary alicyclic amines) is 1. The van der Waals surface area contributed by atoms with E-state index in [2.05, 4.69) is 0 Å². The second-order valence-corrected chi connectivity index (χ2v) is 4.36. The van der Waals surface area contributed by atoms with Crippen molar-refractivity contribution >= 4 is 11.9 Å². The number of piperidine rings is 1. The van der Waals surface area contributed by atoms with Gasteiger partial charge in [0.1, 0.15) is 0 Å². The summed E-state index contributed by atoms with van der Waals surface area (Å²) in [6.07, 6.45) is 2.83. The molecule has 2 rings (SSSR count). The molecule has 17 heavy (non-hydrogen) atoms. The van der Waals surface area contributed by atoms with E-state index < -0.39 is 11.9 Å². The minimum absolute atomic E-state index is 0.210. The molecule has 0 radical (unpaired) electrons. The van der Waals surface area contributed by atoms with Gasteiger partial charge in [-0.15, -0.1) is 0 Å². The lowest BCUT2D eigenvalue weighted by Gasteiger charge is -2.30. The lowest BCUT2D eigenvalue weighted by Crippen LogP contribution is -2.42. The lowest BCUT2D eigenvalue weighted by atomic mass is 9.98. The summed E-state index contributed by atoms with van der Waals surface area (Å²) >= 11 is 0. The molecule has 1 aromatic heterocycles. The number of amides is 1. The smallest absolute Gasteiger partial charge is 0.308 e. The van der Waals surface area contributed by atoms with Crippen LogP contribution in [0.3, 0.4) is 0 Å². The molecule has 0 spiro atoms. The number of carbonyl (C=O) groups excluding carboxylic acids is 1. The van der Waals surface area contributed by atoms with E-state index in [1.807, 2.05) is 0 Å². The molecule has 5 nitrogen and oxygen atoms in total. The Morgan fingerprint density at radius 2 is 2.29 bits per heavy atom. The molecule has 1 atom stereocenters. The first-order valence-electron chi connectivity index (χ1n) is 5.65. The van der Waals surface area contributed by atoms with Gasteiger partial charge in [0.25, 0.3) is 5.91 Å². The Bertz CT molecular complexity index is 437. The average Bonchev–Trinajstić information content (AvgIpc) is 2.74. The number of hydrogen-bond donors (Lipinski definition) is 1. The third kappa shape index (κ3) is 2.33. The van der Waals surface area contributed by atoms with Crippen molar-refractivity contribution < 1.29 is 19.1 Å². The Morgan fingerprint density at radius 3 is 2.88 bits per heavy atom. The molecule has 0 unspecified atom stereocenters. The predicted molar refractivity (Wildman–Crippen MR) is 59.7 cm³/mol. The third-order valence-corrected chi connectivity index (χ3v) is 3.11. The topological polar surface area (TPSA) is 70.8 Å². The number of nitrogens with zero attached hydrogens (tertiary/aromatic N) is 1. The van der Waals surface area contributed by atoms with Crippen LogP contribution >= 0.6 is 0 Å². The molecule has 1 fully saturated rings. The second kappa shape index (κ2) is 4.61. The SMILES string of the molecule is Cc1ccoc1C(=O)N1CCC[C@H](C(=O)O)C1. The van der Waals surface area contributed by atoms with Gasteiger partial charge >= 0.3 is 5.97 Å². The molecule has 2 heterocycles.